The Kier molecular flexibility index (Phi) is 10.3. The predicted molar refractivity (Wildman–Crippen MR) is 113 cm³/mol. The van der Waals surface area contributed by atoms with Crippen LogP contribution in [0, 0.1) is 5.82 Å². The zero-order valence-corrected chi connectivity index (χ0v) is 16.8. The Balaban J connectivity index is 0.00000338. The third-order valence-corrected chi connectivity index (χ3v) is 3.53. The van der Waals surface area contributed by atoms with Crippen molar-refractivity contribution in [3.05, 3.63) is 71.5 Å². The molecule has 4 N–H and O–H groups in total. The predicted octanol–water partition coefficient (Wildman–Crippen LogP) is 2.25. The second kappa shape index (κ2) is 12.2. The Labute approximate surface area is 170 Å². The molecule has 0 radical (unpaired) electrons. The molecule has 0 aliphatic rings. The molecule has 0 bridgehead atoms. The van der Waals surface area contributed by atoms with Crippen LogP contribution in [0.3, 0.4) is 0 Å². The highest BCUT2D eigenvalue weighted by molar-refractivity contribution is 14.0. The quantitative estimate of drug-likeness (QED) is 0.240. The number of nitrogens with zero attached hydrogens (tertiary/aromatic N) is 1. The lowest BCUT2D eigenvalue weighted by atomic mass is 10.1. The first-order valence-corrected chi connectivity index (χ1v) is 8.22. The normalized spacial score (nSPS) is 10.7. The van der Waals surface area contributed by atoms with Gasteiger partial charge in [-0.25, -0.2) is 4.39 Å². The molecular weight excluding hydrogens is 446 g/mol. The zero-order valence-electron chi connectivity index (χ0n) is 14.5. The fraction of sp³-hybridized carbons (Fsp3) is 0.263. The van der Waals surface area contributed by atoms with Crippen LogP contribution in [0.5, 0.6) is 0 Å². The first-order chi connectivity index (χ1) is 12.1. The van der Waals surface area contributed by atoms with Crippen molar-refractivity contribution in [1.29, 1.82) is 0 Å². The summed E-state index contributed by atoms with van der Waals surface area (Å²) >= 11 is 0. The number of hydrogen-bond donors (Lipinski definition) is 3. The summed E-state index contributed by atoms with van der Waals surface area (Å²) in [6.45, 7) is 1.51. The smallest absolute Gasteiger partial charge is 0.224 e. The highest BCUT2D eigenvalue weighted by atomic mass is 127. The number of halogens is 2. The summed E-state index contributed by atoms with van der Waals surface area (Å²) in [6.07, 6.45) is 0.978. The van der Waals surface area contributed by atoms with Gasteiger partial charge in [-0.05, 0) is 29.7 Å². The number of hydrogen-bond acceptors (Lipinski definition) is 2. The molecule has 26 heavy (non-hydrogen) atoms. The fourth-order valence-electron chi connectivity index (χ4n) is 2.29. The van der Waals surface area contributed by atoms with Crippen LogP contribution >= 0.6 is 24.0 Å². The van der Waals surface area contributed by atoms with E-state index in [4.69, 9.17) is 5.73 Å². The molecule has 2 aromatic rings. The van der Waals surface area contributed by atoms with Gasteiger partial charge in [-0.3, -0.25) is 9.79 Å². The van der Waals surface area contributed by atoms with Crippen molar-refractivity contribution in [3.63, 3.8) is 0 Å². The molecule has 0 atom stereocenters. The molecule has 0 aliphatic carbocycles. The maximum absolute atomic E-state index is 13.1. The topological polar surface area (TPSA) is 79.5 Å². The molecule has 0 aromatic heterocycles. The van der Waals surface area contributed by atoms with Gasteiger partial charge in [-0.2, -0.15) is 0 Å². The van der Waals surface area contributed by atoms with E-state index >= 15 is 0 Å². The summed E-state index contributed by atoms with van der Waals surface area (Å²) in [5, 5.41) is 5.70. The minimum absolute atomic E-state index is 0. The maximum Gasteiger partial charge on any atom is 0.224 e. The van der Waals surface area contributed by atoms with E-state index in [9.17, 15) is 9.18 Å². The standard InChI is InChI=1S/C19H23FN4O.HI/c20-17-8-4-7-16(13-17)14-18(25)22-11-12-24-19(21)23-10-9-15-5-2-1-3-6-15;/h1-8,13H,9-12,14H2,(H,22,25)(H3,21,23,24);1H. The van der Waals surface area contributed by atoms with E-state index in [1.165, 1.54) is 17.7 Å². The van der Waals surface area contributed by atoms with Gasteiger partial charge in [0.25, 0.3) is 0 Å². The largest absolute Gasteiger partial charge is 0.370 e. The highest BCUT2D eigenvalue weighted by Gasteiger charge is 2.03. The van der Waals surface area contributed by atoms with Gasteiger partial charge in [-0.1, -0.05) is 42.5 Å². The lowest BCUT2D eigenvalue weighted by molar-refractivity contribution is -0.120. The van der Waals surface area contributed by atoms with Gasteiger partial charge in [0.1, 0.15) is 5.82 Å². The lowest BCUT2D eigenvalue weighted by Crippen LogP contribution is -2.39. The van der Waals surface area contributed by atoms with Crippen molar-refractivity contribution in [2.45, 2.75) is 12.8 Å². The van der Waals surface area contributed by atoms with E-state index in [-0.39, 0.29) is 42.1 Å². The monoisotopic (exact) mass is 470 g/mol. The molecule has 1 amide bonds. The van der Waals surface area contributed by atoms with Crippen LogP contribution in [-0.4, -0.2) is 31.5 Å². The minimum atomic E-state index is -0.341. The van der Waals surface area contributed by atoms with E-state index in [0.717, 1.165) is 6.42 Å². The van der Waals surface area contributed by atoms with Crippen molar-refractivity contribution in [2.75, 3.05) is 19.6 Å². The molecule has 0 heterocycles. The van der Waals surface area contributed by atoms with Crippen LogP contribution in [0.25, 0.3) is 0 Å². The summed E-state index contributed by atoms with van der Waals surface area (Å²) < 4.78 is 13.1. The molecule has 0 aliphatic heterocycles. The van der Waals surface area contributed by atoms with E-state index in [1.807, 2.05) is 30.3 Å². The molecule has 7 heteroatoms. The van der Waals surface area contributed by atoms with Crippen LogP contribution in [0.2, 0.25) is 0 Å². The zero-order chi connectivity index (χ0) is 17.9. The van der Waals surface area contributed by atoms with Crippen molar-refractivity contribution in [2.24, 2.45) is 10.7 Å². The number of benzene rings is 2. The van der Waals surface area contributed by atoms with Gasteiger partial charge in [0.15, 0.2) is 5.96 Å². The van der Waals surface area contributed by atoms with Crippen LogP contribution in [-0.2, 0) is 17.6 Å². The van der Waals surface area contributed by atoms with Crippen LogP contribution < -0.4 is 16.4 Å². The van der Waals surface area contributed by atoms with Gasteiger partial charge in [-0.15, -0.1) is 24.0 Å². The average Bonchev–Trinajstić information content (AvgIpc) is 2.60. The van der Waals surface area contributed by atoms with Gasteiger partial charge >= 0.3 is 0 Å². The molecule has 0 unspecified atom stereocenters. The van der Waals surface area contributed by atoms with Crippen LogP contribution in [0.15, 0.2) is 59.6 Å². The summed E-state index contributed by atoms with van der Waals surface area (Å²) in [5.74, 6) is -0.145. The maximum atomic E-state index is 13.1. The number of nitrogens with two attached hydrogens (primary N) is 1. The number of guanidine groups is 1. The van der Waals surface area contributed by atoms with Crippen molar-refractivity contribution in [3.8, 4) is 0 Å². The lowest BCUT2D eigenvalue weighted by Gasteiger charge is -2.08. The number of carbonyl (C=O) groups excluding carboxylic acids is 1. The Morgan fingerprint density at radius 2 is 1.69 bits per heavy atom. The SMILES string of the molecule is I.NC(=NCCc1ccccc1)NCCNC(=O)Cc1cccc(F)c1. The molecular formula is C19H24FIN4O. The Bertz CT molecular complexity index is 710. The molecule has 0 saturated carbocycles. The first kappa shape index (κ1) is 21.9. The Morgan fingerprint density at radius 3 is 2.42 bits per heavy atom. The molecule has 0 fully saturated rings. The summed E-state index contributed by atoms with van der Waals surface area (Å²) in [4.78, 5) is 16.0. The molecule has 5 nitrogen and oxygen atoms in total. The fourth-order valence-corrected chi connectivity index (χ4v) is 2.29. The molecule has 0 saturated heterocycles. The van der Waals surface area contributed by atoms with Gasteiger partial charge in [0.05, 0.1) is 6.42 Å². The third kappa shape index (κ3) is 8.80. The Hall–Kier alpha value is -2.16. The van der Waals surface area contributed by atoms with Crippen molar-refractivity contribution < 1.29 is 9.18 Å². The van der Waals surface area contributed by atoms with Gasteiger partial charge < -0.3 is 16.4 Å². The second-order valence-corrected chi connectivity index (χ2v) is 5.59. The van der Waals surface area contributed by atoms with E-state index < -0.39 is 0 Å². The summed E-state index contributed by atoms with van der Waals surface area (Å²) in [5.41, 5.74) is 7.64. The number of rotatable bonds is 8. The highest BCUT2D eigenvalue weighted by Crippen LogP contribution is 2.03. The second-order valence-electron chi connectivity index (χ2n) is 5.59. The average molecular weight is 470 g/mol. The van der Waals surface area contributed by atoms with Gasteiger partial charge in [0, 0.05) is 19.6 Å². The Morgan fingerprint density at radius 1 is 1.00 bits per heavy atom. The number of carbonyl (C=O) groups is 1. The van der Waals surface area contributed by atoms with Crippen LogP contribution in [0.4, 0.5) is 4.39 Å². The number of aliphatic imine (C=N–C) groups is 1. The van der Waals surface area contributed by atoms with E-state index in [2.05, 4.69) is 15.6 Å². The van der Waals surface area contributed by atoms with Gasteiger partial charge in [0.2, 0.25) is 5.91 Å². The first-order valence-electron chi connectivity index (χ1n) is 8.22. The van der Waals surface area contributed by atoms with E-state index in [1.54, 1.807) is 12.1 Å². The molecule has 0 spiro atoms. The molecule has 2 rings (SSSR count). The number of nitrogens with one attached hydrogen (secondary N) is 2. The minimum Gasteiger partial charge on any atom is -0.370 e. The van der Waals surface area contributed by atoms with Crippen molar-refractivity contribution in [1.82, 2.24) is 10.6 Å². The van der Waals surface area contributed by atoms with E-state index in [0.29, 0.717) is 31.2 Å². The third-order valence-electron chi connectivity index (χ3n) is 3.53. The van der Waals surface area contributed by atoms with Crippen LogP contribution in [0.1, 0.15) is 11.1 Å². The molecule has 2 aromatic carbocycles. The molecule has 140 valence electrons. The van der Waals surface area contributed by atoms with Crippen molar-refractivity contribution >= 4 is 35.8 Å². The number of amides is 1. The summed E-state index contributed by atoms with van der Waals surface area (Å²) in [6, 6.07) is 16.1. The summed E-state index contributed by atoms with van der Waals surface area (Å²) in [7, 11) is 0.